The molecule has 0 radical (unpaired) electrons. The third-order valence-corrected chi connectivity index (χ3v) is 2.76. The van der Waals surface area contributed by atoms with Gasteiger partial charge in [0.25, 0.3) is 5.91 Å². The van der Waals surface area contributed by atoms with Crippen LogP contribution in [0.5, 0.6) is 0 Å². The van der Waals surface area contributed by atoms with Gasteiger partial charge in [-0.2, -0.15) is 0 Å². The molecule has 0 aromatic heterocycles. The van der Waals surface area contributed by atoms with Crippen molar-refractivity contribution in [1.82, 2.24) is 10.6 Å². The third-order valence-electron chi connectivity index (χ3n) is 2.76. The number of carbonyl (C=O) groups excluding carboxylic acids is 2. The fraction of sp³-hybridized carbons (Fsp3) is 0.429. The molecule has 0 saturated heterocycles. The normalized spacial score (nSPS) is 10.2. The van der Waals surface area contributed by atoms with Gasteiger partial charge in [-0.3, -0.25) is 9.59 Å². The summed E-state index contributed by atoms with van der Waals surface area (Å²) in [6.45, 7) is 4.57. The largest absolute Gasteiger partial charge is 0.359 e. The zero-order chi connectivity index (χ0) is 13.5. The van der Waals surface area contributed by atoms with Crippen LogP contribution in [0.3, 0.4) is 0 Å². The average molecular weight is 248 g/mol. The summed E-state index contributed by atoms with van der Waals surface area (Å²) >= 11 is 0. The molecule has 1 aromatic carbocycles. The number of benzene rings is 1. The second-order valence-electron chi connectivity index (χ2n) is 4.46. The van der Waals surface area contributed by atoms with E-state index < -0.39 is 0 Å². The van der Waals surface area contributed by atoms with Gasteiger partial charge in [-0.05, 0) is 23.6 Å². The Kier molecular flexibility index (Phi) is 5.36. The van der Waals surface area contributed by atoms with Crippen molar-refractivity contribution in [2.75, 3.05) is 13.6 Å². The highest BCUT2D eigenvalue weighted by atomic mass is 16.2. The first-order valence-corrected chi connectivity index (χ1v) is 6.13. The Balaban J connectivity index is 2.49. The van der Waals surface area contributed by atoms with Gasteiger partial charge in [-0.25, -0.2) is 0 Å². The van der Waals surface area contributed by atoms with Gasteiger partial charge in [0.05, 0.1) is 0 Å². The molecule has 0 aliphatic carbocycles. The molecule has 0 unspecified atom stereocenters. The minimum atomic E-state index is -0.144. The Morgan fingerprint density at radius 3 is 2.28 bits per heavy atom. The molecule has 1 aromatic rings. The minimum absolute atomic E-state index is 0.0783. The highest BCUT2D eigenvalue weighted by Crippen LogP contribution is 2.14. The monoisotopic (exact) mass is 248 g/mol. The number of nitrogens with one attached hydrogen (secondary N) is 2. The number of amides is 2. The highest BCUT2D eigenvalue weighted by molar-refractivity contribution is 5.94. The van der Waals surface area contributed by atoms with Crippen LogP contribution in [0, 0.1) is 0 Å². The standard InChI is InChI=1S/C14H20N2O2/c1-10(2)11-4-6-12(7-5-11)14(18)16-9-8-13(17)15-3/h4-7,10H,8-9H2,1-3H3,(H,15,17)(H,16,18). The lowest BCUT2D eigenvalue weighted by atomic mass is 10.0. The summed E-state index contributed by atoms with van der Waals surface area (Å²) in [5, 5.41) is 5.22. The first-order valence-electron chi connectivity index (χ1n) is 6.13. The van der Waals surface area contributed by atoms with Crippen LogP contribution in [0.4, 0.5) is 0 Å². The molecule has 18 heavy (non-hydrogen) atoms. The molecule has 2 N–H and O–H groups in total. The van der Waals surface area contributed by atoms with Crippen LogP contribution in [0.1, 0.15) is 42.1 Å². The molecule has 0 spiro atoms. The van der Waals surface area contributed by atoms with Crippen molar-refractivity contribution >= 4 is 11.8 Å². The molecule has 0 bridgehead atoms. The van der Waals surface area contributed by atoms with Crippen LogP contribution in [-0.2, 0) is 4.79 Å². The Hall–Kier alpha value is -1.84. The smallest absolute Gasteiger partial charge is 0.251 e. The molecule has 4 heteroatoms. The van der Waals surface area contributed by atoms with Gasteiger partial charge in [0.15, 0.2) is 0 Å². The fourth-order valence-electron chi connectivity index (χ4n) is 1.54. The second kappa shape index (κ2) is 6.79. The van der Waals surface area contributed by atoms with Crippen molar-refractivity contribution in [2.24, 2.45) is 0 Å². The van der Waals surface area contributed by atoms with E-state index in [1.807, 2.05) is 24.3 Å². The molecule has 4 nitrogen and oxygen atoms in total. The maximum Gasteiger partial charge on any atom is 0.251 e. The Bertz CT molecular complexity index is 410. The van der Waals surface area contributed by atoms with Gasteiger partial charge in [0.2, 0.25) is 5.91 Å². The van der Waals surface area contributed by atoms with Crippen molar-refractivity contribution < 1.29 is 9.59 Å². The Morgan fingerprint density at radius 2 is 1.78 bits per heavy atom. The number of rotatable bonds is 5. The van der Waals surface area contributed by atoms with E-state index >= 15 is 0 Å². The van der Waals surface area contributed by atoms with Crippen LogP contribution in [0.25, 0.3) is 0 Å². The van der Waals surface area contributed by atoms with Gasteiger partial charge < -0.3 is 10.6 Å². The first-order chi connectivity index (χ1) is 8.54. The maximum absolute atomic E-state index is 11.8. The van der Waals surface area contributed by atoms with E-state index in [2.05, 4.69) is 24.5 Å². The summed E-state index contributed by atoms with van der Waals surface area (Å²) in [7, 11) is 1.58. The summed E-state index contributed by atoms with van der Waals surface area (Å²) in [5.74, 6) is 0.232. The predicted molar refractivity (Wildman–Crippen MR) is 71.5 cm³/mol. The molecular formula is C14H20N2O2. The number of hydrogen-bond acceptors (Lipinski definition) is 2. The quantitative estimate of drug-likeness (QED) is 0.833. The van der Waals surface area contributed by atoms with Gasteiger partial charge in [-0.1, -0.05) is 26.0 Å². The van der Waals surface area contributed by atoms with Crippen LogP contribution >= 0.6 is 0 Å². The van der Waals surface area contributed by atoms with Crippen LogP contribution in [0.2, 0.25) is 0 Å². The average Bonchev–Trinajstić information content (AvgIpc) is 2.38. The second-order valence-corrected chi connectivity index (χ2v) is 4.46. The maximum atomic E-state index is 11.8. The van der Waals surface area contributed by atoms with Crippen LogP contribution < -0.4 is 10.6 Å². The lowest BCUT2D eigenvalue weighted by molar-refractivity contribution is -0.120. The van der Waals surface area contributed by atoms with E-state index in [1.54, 1.807) is 7.05 Å². The van der Waals surface area contributed by atoms with Crippen molar-refractivity contribution in [3.05, 3.63) is 35.4 Å². The Morgan fingerprint density at radius 1 is 1.17 bits per heavy atom. The summed E-state index contributed by atoms with van der Waals surface area (Å²) in [5.41, 5.74) is 1.83. The lowest BCUT2D eigenvalue weighted by Gasteiger charge is -2.07. The molecule has 98 valence electrons. The van der Waals surface area contributed by atoms with E-state index in [4.69, 9.17) is 0 Å². The number of hydrogen-bond donors (Lipinski definition) is 2. The zero-order valence-corrected chi connectivity index (χ0v) is 11.1. The van der Waals surface area contributed by atoms with Gasteiger partial charge >= 0.3 is 0 Å². The van der Waals surface area contributed by atoms with E-state index in [1.165, 1.54) is 5.56 Å². The topological polar surface area (TPSA) is 58.2 Å². The summed E-state index contributed by atoms with van der Waals surface area (Å²) in [6.07, 6.45) is 0.298. The molecule has 0 heterocycles. The molecule has 0 fully saturated rings. The van der Waals surface area contributed by atoms with E-state index in [-0.39, 0.29) is 11.8 Å². The van der Waals surface area contributed by atoms with Crippen molar-refractivity contribution in [3.63, 3.8) is 0 Å². The first kappa shape index (κ1) is 14.2. The lowest BCUT2D eigenvalue weighted by Crippen LogP contribution is -2.29. The van der Waals surface area contributed by atoms with Crippen molar-refractivity contribution in [2.45, 2.75) is 26.2 Å². The SMILES string of the molecule is CNC(=O)CCNC(=O)c1ccc(C(C)C)cc1. The van der Waals surface area contributed by atoms with E-state index in [0.717, 1.165) is 0 Å². The van der Waals surface area contributed by atoms with Gasteiger partial charge in [0.1, 0.15) is 0 Å². The molecule has 0 saturated carbocycles. The summed E-state index contributed by atoms with van der Waals surface area (Å²) in [4.78, 5) is 22.7. The highest BCUT2D eigenvalue weighted by Gasteiger charge is 2.06. The van der Waals surface area contributed by atoms with Gasteiger partial charge in [-0.15, -0.1) is 0 Å². The predicted octanol–water partition coefficient (Wildman–Crippen LogP) is 1.68. The van der Waals surface area contributed by atoms with Crippen molar-refractivity contribution in [1.29, 1.82) is 0 Å². The van der Waals surface area contributed by atoms with E-state index in [0.29, 0.717) is 24.4 Å². The van der Waals surface area contributed by atoms with Crippen LogP contribution in [0.15, 0.2) is 24.3 Å². The molecular weight excluding hydrogens is 228 g/mol. The van der Waals surface area contributed by atoms with Crippen molar-refractivity contribution in [3.8, 4) is 0 Å². The molecule has 0 aliphatic heterocycles. The molecule has 2 amide bonds. The van der Waals surface area contributed by atoms with E-state index in [9.17, 15) is 9.59 Å². The summed E-state index contributed by atoms with van der Waals surface area (Å²) < 4.78 is 0. The van der Waals surface area contributed by atoms with Crippen LogP contribution in [-0.4, -0.2) is 25.4 Å². The molecule has 1 rings (SSSR count). The Labute approximate surface area is 108 Å². The molecule has 0 atom stereocenters. The van der Waals surface area contributed by atoms with Gasteiger partial charge in [0, 0.05) is 25.6 Å². The zero-order valence-electron chi connectivity index (χ0n) is 11.1. The summed E-state index contributed by atoms with van der Waals surface area (Å²) in [6, 6.07) is 7.53. The number of carbonyl (C=O) groups is 2. The fourth-order valence-corrected chi connectivity index (χ4v) is 1.54. The third kappa shape index (κ3) is 4.20. The minimum Gasteiger partial charge on any atom is -0.359 e. The molecule has 0 aliphatic rings.